The summed E-state index contributed by atoms with van der Waals surface area (Å²) >= 11 is 3.62. The van der Waals surface area contributed by atoms with Crippen molar-refractivity contribution in [2.24, 2.45) is 0 Å². The van der Waals surface area contributed by atoms with Crippen LogP contribution in [0, 0.1) is 0 Å². The molecule has 1 unspecified atom stereocenters. The molecule has 1 aliphatic rings. The number of hydrogen-bond acceptors (Lipinski definition) is 1. The predicted molar refractivity (Wildman–Crippen MR) is 63.5 cm³/mol. The van der Waals surface area contributed by atoms with Crippen molar-refractivity contribution in [2.45, 2.75) is 32.2 Å². The Morgan fingerprint density at radius 1 is 1.50 bits per heavy atom. The van der Waals surface area contributed by atoms with Crippen LogP contribution < -0.4 is 5.32 Å². The van der Waals surface area contributed by atoms with E-state index in [1.54, 1.807) is 0 Å². The maximum absolute atomic E-state index is 3.62. The molecule has 1 aromatic carbocycles. The first-order chi connectivity index (χ1) is 6.83. The monoisotopic (exact) mass is 253 g/mol. The van der Waals surface area contributed by atoms with Gasteiger partial charge < -0.3 is 5.32 Å². The van der Waals surface area contributed by atoms with Crippen LogP contribution in [0.2, 0.25) is 0 Å². The molecule has 0 heterocycles. The Bertz CT molecular complexity index is 322. The Kier molecular flexibility index (Phi) is 3.24. The van der Waals surface area contributed by atoms with Gasteiger partial charge in [0.15, 0.2) is 0 Å². The van der Waals surface area contributed by atoms with Gasteiger partial charge in [0, 0.05) is 10.5 Å². The third-order valence-electron chi connectivity index (χ3n) is 2.85. The lowest BCUT2D eigenvalue weighted by molar-refractivity contribution is 0.529. The molecule has 0 saturated heterocycles. The fourth-order valence-electron chi connectivity index (χ4n) is 2.14. The Morgan fingerprint density at radius 2 is 2.36 bits per heavy atom. The number of halogens is 1. The van der Waals surface area contributed by atoms with Gasteiger partial charge >= 0.3 is 0 Å². The second-order valence-corrected chi connectivity index (χ2v) is 4.71. The first-order valence-electron chi connectivity index (χ1n) is 5.33. The standard InChI is InChI=1S/C12H16BrN/c1-2-8-14-12-7-6-9-10(12)4-3-5-11(9)13/h3-5,12,14H,2,6-8H2,1H3. The summed E-state index contributed by atoms with van der Waals surface area (Å²) in [5, 5.41) is 3.59. The molecular weight excluding hydrogens is 238 g/mol. The predicted octanol–water partition coefficient (Wildman–Crippen LogP) is 3.44. The van der Waals surface area contributed by atoms with Gasteiger partial charge in [0.1, 0.15) is 0 Å². The van der Waals surface area contributed by atoms with E-state index in [0.29, 0.717) is 6.04 Å². The van der Waals surface area contributed by atoms with E-state index in [2.05, 4.69) is 46.4 Å². The van der Waals surface area contributed by atoms with E-state index in [1.807, 2.05) is 0 Å². The van der Waals surface area contributed by atoms with Gasteiger partial charge in [0.2, 0.25) is 0 Å². The first-order valence-corrected chi connectivity index (χ1v) is 6.13. The lowest BCUT2D eigenvalue weighted by atomic mass is 10.1. The molecular formula is C12H16BrN. The van der Waals surface area contributed by atoms with Crippen molar-refractivity contribution in [3.8, 4) is 0 Å². The highest BCUT2D eigenvalue weighted by Crippen LogP contribution is 2.35. The van der Waals surface area contributed by atoms with E-state index < -0.39 is 0 Å². The van der Waals surface area contributed by atoms with Crippen LogP contribution in [0.15, 0.2) is 22.7 Å². The van der Waals surface area contributed by atoms with Gasteiger partial charge in [-0.15, -0.1) is 0 Å². The summed E-state index contributed by atoms with van der Waals surface area (Å²) in [4.78, 5) is 0. The van der Waals surface area contributed by atoms with Crippen molar-refractivity contribution >= 4 is 15.9 Å². The van der Waals surface area contributed by atoms with Crippen molar-refractivity contribution in [1.82, 2.24) is 5.32 Å². The van der Waals surface area contributed by atoms with Gasteiger partial charge in [-0.25, -0.2) is 0 Å². The van der Waals surface area contributed by atoms with Crippen LogP contribution in [0.1, 0.15) is 36.9 Å². The molecule has 14 heavy (non-hydrogen) atoms. The van der Waals surface area contributed by atoms with Gasteiger partial charge in [0.05, 0.1) is 0 Å². The normalized spacial score (nSPS) is 19.7. The zero-order valence-electron chi connectivity index (χ0n) is 8.52. The smallest absolute Gasteiger partial charge is 0.0326 e. The lowest BCUT2D eigenvalue weighted by Gasteiger charge is -2.13. The fraction of sp³-hybridized carbons (Fsp3) is 0.500. The minimum atomic E-state index is 0.586. The SMILES string of the molecule is CCCNC1CCc2c(Br)cccc21. The summed E-state index contributed by atoms with van der Waals surface area (Å²) in [5.41, 5.74) is 2.99. The molecule has 1 nitrogen and oxygen atoms in total. The van der Waals surface area contributed by atoms with Gasteiger partial charge in [0.25, 0.3) is 0 Å². The van der Waals surface area contributed by atoms with Crippen LogP contribution in [0.4, 0.5) is 0 Å². The average molecular weight is 254 g/mol. The maximum atomic E-state index is 3.62. The average Bonchev–Trinajstić information content (AvgIpc) is 2.60. The van der Waals surface area contributed by atoms with Gasteiger partial charge in [-0.3, -0.25) is 0 Å². The Morgan fingerprint density at radius 3 is 3.14 bits per heavy atom. The van der Waals surface area contributed by atoms with E-state index in [0.717, 1.165) is 6.54 Å². The summed E-state index contributed by atoms with van der Waals surface area (Å²) in [5.74, 6) is 0. The summed E-state index contributed by atoms with van der Waals surface area (Å²) in [6.45, 7) is 3.33. The topological polar surface area (TPSA) is 12.0 Å². The third-order valence-corrected chi connectivity index (χ3v) is 3.60. The zero-order valence-corrected chi connectivity index (χ0v) is 10.1. The second kappa shape index (κ2) is 4.45. The zero-order chi connectivity index (χ0) is 9.97. The van der Waals surface area contributed by atoms with E-state index in [4.69, 9.17) is 0 Å². The number of hydrogen-bond donors (Lipinski definition) is 1. The molecule has 2 rings (SSSR count). The van der Waals surface area contributed by atoms with Crippen molar-refractivity contribution in [2.75, 3.05) is 6.54 Å². The molecule has 0 fully saturated rings. The van der Waals surface area contributed by atoms with E-state index in [-0.39, 0.29) is 0 Å². The minimum absolute atomic E-state index is 0.586. The molecule has 0 bridgehead atoms. The fourth-order valence-corrected chi connectivity index (χ4v) is 2.72. The first kappa shape index (κ1) is 10.2. The van der Waals surface area contributed by atoms with Crippen LogP contribution in [-0.2, 0) is 6.42 Å². The number of nitrogens with one attached hydrogen (secondary N) is 1. The lowest BCUT2D eigenvalue weighted by Crippen LogP contribution is -2.19. The van der Waals surface area contributed by atoms with E-state index >= 15 is 0 Å². The van der Waals surface area contributed by atoms with Crippen molar-refractivity contribution < 1.29 is 0 Å². The molecule has 76 valence electrons. The van der Waals surface area contributed by atoms with Crippen LogP contribution in [0.5, 0.6) is 0 Å². The van der Waals surface area contributed by atoms with E-state index in [9.17, 15) is 0 Å². The highest BCUT2D eigenvalue weighted by molar-refractivity contribution is 9.10. The molecule has 1 N–H and O–H groups in total. The van der Waals surface area contributed by atoms with E-state index in [1.165, 1.54) is 34.9 Å². The summed E-state index contributed by atoms with van der Waals surface area (Å²) < 4.78 is 1.27. The molecule has 0 saturated carbocycles. The van der Waals surface area contributed by atoms with Gasteiger partial charge in [-0.2, -0.15) is 0 Å². The van der Waals surface area contributed by atoms with Crippen LogP contribution in [0.3, 0.4) is 0 Å². The van der Waals surface area contributed by atoms with Gasteiger partial charge in [-0.05, 0) is 43.0 Å². The maximum Gasteiger partial charge on any atom is 0.0326 e. The van der Waals surface area contributed by atoms with Crippen LogP contribution in [0.25, 0.3) is 0 Å². The molecule has 0 amide bonds. The number of rotatable bonds is 3. The highest BCUT2D eigenvalue weighted by Gasteiger charge is 2.22. The number of fused-ring (bicyclic) bond motifs is 1. The number of benzene rings is 1. The highest BCUT2D eigenvalue weighted by atomic mass is 79.9. The van der Waals surface area contributed by atoms with Gasteiger partial charge in [-0.1, -0.05) is 35.0 Å². The quantitative estimate of drug-likeness (QED) is 0.871. The van der Waals surface area contributed by atoms with Crippen molar-refractivity contribution in [3.63, 3.8) is 0 Å². The minimum Gasteiger partial charge on any atom is -0.310 e. The molecule has 1 atom stereocenters. The van der Waals surface area contributed by atoms with Crippen LogP contribution in [-0.4, -0.2) is 6.54 Å². The Labute approximate surface area is 94.0 Å². The molecule has 1 aromatic rings. The molecule has 1 aliphatic carbocycles. The summed E-state index contributed by atoms with van der Waals surface area (Å²) in [7, 11) is 0. The third kappa shape index (κ3) is 1.86. The van der Waals surface area contributed by atoms with Crippen molar-refractivity contribution in [3.05, 3.63) is 33.8 Å². The molecule has 0 spiro atoms. The largest absolute Gasteiger partial charge is 0.310 e. The molecule has 0 radical (unpaired) electrons. The Balaban J connectivity index is 2.18. The van der Waals surface area contributed by atoms with Crippen LogP contribution >= 0.6 is 15.9 Å². The summed E-state index contributed by atoms with van der Waals surface area (Å²) in [6, 6.07) is 7.11. The Hall–Kier alpha value is -0.340. The second-order valence-electron chi connectivity index (χ2n) is 3.85. The van der Waals surface area contributed by atoms with Crippen molar-refractivity contribution in [1.29, 1.82) is 0 Å². The molecule has 0 aromatic heterocycles. The molecule has 0 aliphatic heterocycles. The molecule has 2 heteroatoms. The summed E-state index contributed by atoms with van der Waals surface area (Å²) in [6.07, 6.45) is 3.66.